The third-order valence-corrected chi connectivity index (χ3v) is 1.39. The second-order valence-corrected chi connectivity index (χ2v) is 2.05. The second kappa shape index (κ2) is 4.99. The summed E-state index contributed by atoms with van der Waals surface area (Å²) in [7, 11) is 1.65. The molecule has 0 aromatic heterocycles. The molecule has 62 valence electrons. The number of rotatable bonds is 2. The van der Waals surface area contributed by atoms with Crippen LogP contribution in [0.3, 0.4) is 0 Å². The quantitative estimate of drug-likeness (QED) is 0.569. The molecule has 11 heavy (non-hydrogen) atoms. The van der Waals surface area contributed by atoms with Crippen molar-refractivity contribution in [3.05, 3.63) is 29.8 Å². The first kappa shape index (κ1) is 10.3. The van der Waals surface area contributed by atoms with Crippen LogP contribution in [0.2, 0.25) is 0 Å². The first-order chi connectivity index (χ1) is 4.86. The Kier molecular flexibility index (Phi) is 4.66. The third-order valence-electron chi connectivity index (χ3n) is 1.39. The maximum atomic E-state index is 5.40. The molecule has 0 unspecified atom stereocenters. The average molecular weight is 173 g/mol. The molecule has 1 aromatic carbocycles. The summed E-state index contributed by atoms with van der Waals surface area (Å²) in [6, 6.07) is 7.72. The average Bonchev–Trinajstić information content (AvgIpc) is 2.05. The molecule has 0 spiro atoms. The minimum atomic E-state index is 0. The Morgan fingerprint density at radius 3 is 2.18 bits per heavy atom. The van der Waals surface area contributed by atoms with E-state index in [0.29, 0.717) is 6.54 Å². The molecule has 0 aliphatic heterocycles. The van der Waals surface area contributed by atoms with Crippen LogP contribution in [0.15, 0.2) is 24.3 Å². The van der Waals surface area contributed by atoms with Crippen LogP contribution in [0.25, 0.3) is 0 Å². The number of hydrogen-bond donors (Lipinski definition) is 1. The maximum Gasteiger partial charge on any atom is 0.118 e. The monoisotopic (exact) mass is 172 g/mol. The van der Waals surface area contributed by atoms with Crippen LogP contribution in [0.4, 0.5) is 0 Å². The van der Waals surface area contributed by atoms with E-state index in [1.54, 1.807) is 7.11 Å². The molecule has 0 amide bonds. The Labute approximate surface area is 72.8 Å². The lowest BCUT2D eigenvalue weighted by atomic mass is 10.2. The second-order valence-electron chi connectivity index (χ2n) is 2.05. The van der Waals surface area contributed by atoms with Crippen molar-refractivity contribution in [2.75, 3.05) is 7.11 Å². The van der Waals surface area contributed by atoms with E-state index in [9.17, 15) is 0 Å². The summed E-state index contributed by atoms with van der Waals surface area (Å²) in [5.74, 6) is 0.872. The van der Waals surface area contributed by atoms with Crippen molar-refractivity contribution in [1.82, 2.24) is 0 Å². The molecular weight excluding hydrogens is 162 g/mol. The molecule has 1 aromatic rings. The zero-order valence-electron chi connectivity index (χ0n) is 6.38. The van der Waals surface area contributed by atoms with Crippen molar-refractivity contribution < 1.29 is 17.1 Å². The number of nitrogens with two attached hydrogens (primary N) is 1. The molecule has 0 bridgehead atoms. The van der Waals surface area contributed by atoms with Gasteiger partial charge in [-0.05, 0) is 17.7 Å². The fourth-order valence-corrected chi connectivity index (χ4v) is 0.762. The van der Waals surface area contributed by atoms with Gasteiger partial charge in [0.05, 0.1) is 7.11 Å². The highest BCUT2D eigenvalue weighted by Gasteiger charge is 1.89. The number of halogens is 1. The van der Waals surface area contributed by atoms with E-state index >= 15 is 0 Å². The van der Waals surface area contributed by atoms with Gasteiger partial charge >= 0.3 is 0 Å². The largest absolute Gasteiger partial charge is 1.00 e. The van der Waals surface area contributed by atoms with E-state index in [0.717, 1.165) is 11.3 Å². The van der Waals surface area contributed by atoms with Gasteiger partial charge in [-0.1, -0.05) is 12.1 Å². The number of ether oxygens (including phenoxy) is 1. The molecule has 0 aliphatic rings. The van der Waals surface area contributed by atoms with Gasteiger partial charge in [0.1, 0.15) is 5.75 Å². The highest BCUT2D eigenvalue weighted by atomic mass is 35.5. The van der Waals surface area contributed by atoms with Gasteiger partial charge < -0.3 is 22.9 Å². The van der Waals surface area contributed by atoms with Crippen molar-refractivity contribution in [3.8, 4) is 5.75 Å². The van der Waals surface area contributed by atoms with E-state index in [1.807, 2.05) is 24.3 Å². The Bertz CT molecular complexity index is 175. The first-order valence-corrected chi connectivity index (χ1v) is 3.20. The van der Waals surface area contributed by atoms with Gasteiger partial charge in [-0.25, -0.2) is 0 Å². The third kappa shape index (κ3) is 2.78. The van der Waals surface area contributed by atoms with Gasteiger partial charge in [-0.3, -0.25) is 0 Å². The number of methoxy groups -OCH3 is 1. The fourth-order valence-electron chi connectivity index (χ4n) is 0.762. The zero-order chi connectivity index (χ0) is 7.40. The Hall–Kier alpha value is -0.730. The molecule has 2 N–H and O–H groups in total. The Morgan fingerprint density at radius 2 is 1.82 bits per heavy atom. The van der Waals surface area contributed by atoms with Gasteiger partial charge in [0.2, 0.25) is 0 Å². The molecular formula is C8H11ClNO-. The van der Waals surface area contributed by atoms with Gasteiger partial charge in [-0.2, -0.15) is 0 Å². The summed E-state index contributed by atoms with van der Waals surface area (Å²) in [4.78, 5) is 0. The van der Waals surface area contributed by atoms with Crippen LogP contribution in [0, 0.1) is 0 Å². The highest BCUT2D eigenvalue weighted by Crippen LogP contribution is 2.09. The van der Waals surface area contributed by atoms with Gasteiger partial charge in [0, 0.05) is 6.54 Å². The van der Waals surface area contributed by atoms with Crippen molar-refractivity contribution in [2.24, 2.45) is 5.73 Å². The lowest BCUT2D eigenvalue weighted by molar-refractivity contribution is -0.00000247. The number of benzene rings is 1. The van der Waals surface area contributed by atoms with Gasteiger partial charge in [0.25, 0.3) is 0 Å². The van der Waals surface area contributed by atoms with Crippen molar-refractivity contribution in [3.63, 3.8) is 0 Å². The van der Waals surface area contributed by atoms with E-state index in [2.05, 4.69) is 0 Å². The molecule has 0 atom stereocenters. The predicted octanol–water partition coefficient (Wildman–Crippen LogP) is -1.84. The summed E-state index contributed by atoms with van der Waals surface area (Å²) in [6.07, 6.45) is 0. The molecule has 3 heteroatoms. The van der Waals surface area contributed by atoms with E-state index in [4.69, 9.17) is 10.5 Å². The highest BCUT2D eigenvalue weighted by molar-refractivity contribution is 5.26. The van der Waals surface area contributed by atoms with Gasteiger partial charge in [-0.15, -0.1) is 0 Å². The molecule has 0 heterocycles. The molecule has 0 radical (unpaired) electrons. The lowest BCUT2D eigenvalue weighted by Crippen LogP contribution is -3.00. The standard InChI is InChI=1S/C8H11NO.ClH/c1-10-8-4-2-7(6-9)3-5-8;/h2-5H,6,9H2,1H3;1H/p-1. The Balaban J connectivity index is 0.000001000. The number of hydrogen-bond acceptors (Lipinski definition) is 2. The lowest BCUT2D eigenvalue weighted by Gasteiger charge is -1.99. The van der Waals surface area contributed by atoms with Crippen LogP contribution >= 0.6 is 0 Å². The minimum Gasteiger partial charge on any atom is -1.00 e. The SMILES string of the molecule is COc1ccc(CN)cc1.[Cl-]. The Morgan fingerprint density at radius 1 is 1.27 bits per heavy atom. The zero-order valence-corrected chi connectivity index (χ0v) is 7.14. The molecule has 0 saturated heterocycles. The van der Waals surface area contributed by atoms with Gasteiger partial charge in [0.15, 0.2) is 0 Å². The van der Waals surface area contributed by atoms with E-state index < -0.39 is 0 Å². The first-order valence-electron chi connectivity index (χ1n) is 3.20. The summed E-state index contributed by atoms with van der Waals surface area (Å²) in [5.41, 5.74) is 6.53. The molecule has 2 nitrogen and oxygen atoms in total. The maximum absolute atomic E-state index is 5.40. The van der Waals surface area contributed by atoms with Crippen LogP contribution < -0.4 is 22.9 Å². The predicted molar refractivity (Wildman–Crippen MR) is 40.9 cm³/mol. The van der Waals surface area contributed by atoms with Crippen molar-refractivity contribution in [2.45, 2.75) is 6.54 Å². The van der Waals surface area contributed by atoms with Crippen LogP contribution in [-0.2, 0) is 6.54 Å². The summed E-state index contributed by atoms with van der Waals surface area (Å²) < 4.78 is 4.97. The molecule has 0 saturated carbocycles. The van der Waals surface area contributed by atoms with Crippen LogP contribution in [-0.4, -0.2) is 7.11 Å². The summed E-state index contributed by atoms with van der Waals surface area (Å²) in [5, 5.41) is 0. The smallest absolute Gasteiger partial charge is 0.118 e. The van der Waals surface area contributed by atoms with E-state index in [1.165, 1.54) is 0 Å². The van der Waals surface area contributed by atoms with Crippen LogP contribution in [0.5, 0.6) is 5.75 Å². The normalized spacial score (nSPS) is 8.55. The molecule has 0 fully saturated rings. The summed E-state index contributed by atoms with van der Waals surface area (Å²) >= 11 is 0. The molecule has 1 rings (SSSR count). The fraction of sp³-hybridized carbons (Fsp3) is 0.250. The van der Waals surface area contributed by atoms with E-state index in [-0.39, 0.29) is 12.4 Å². The summed E-state index contributed by atoms with van der Waals surface area (Å²) in [6.45, 7) is 0.587. The van der Waals surface area contributed by atoms with Crippen molar-refractivity contribution >= 4 is 0 Å². The van der Waals surface area contributed by atoms with Crippen molar-refractivity contribution in [1.29, 1.82) is 0 Å². The topological polar surface area (TPSA) is 35.2 Å². The molecule has 0 aliphatic carbocycles. The minimum absolute atomic E-state index is 0. The van der Waals surface area contributed by atoms with Crippen LogP contribution in [0.1, 0.15) is 5.56 Å².